The molecule has 0 fully saturated rings. The first kappa shape index (κ1) is 20.9. The lowest BCUT2D eigenvalue weighted by Crippen LogP contribution is -2.29. The van der Waals surface area contributed by atoms with E-state index in [-0.39, 0.29) is 6.54 Å². The van der Waals surface area contributed by atoms with Gasteiger partial charge in [0.2, 0.25) is 0 Å². The Balaban J connectivity index is 2.23. The fourth-order valence-electron chi connectivity index (χ4n) is 2.04. The molecule has 1 rings (SSSR count). The van der Waals surface area contributed by atoms with Gasteiger partial charge in [0.1, 0.15) is 11.5 Å². The normalized spacial score (nSPS) is 11.4. The van der Waals surface area contributed by atoms with Crippen LogP contribution >= 0.6 is 11.8 Å². The highest BCUT2D eigenvalue weighted by atomic mass is 32.2. The van der Waals surface area contributed by atoms with Gasteiger partial charge in [-0.1, -0.05) is 5.92 Å². The van der Waals surface area contributed by atoms with Crippen molar-refractivity contribution >= 4 is 11.8 Å². The maximum atomic E-state index is 10.5. The number of nitro groups is 1. The van der Waals surface area contributed by atoms with Gasteiger partial charge in [0.05, 0.1) is 17.2 Å². The van der Waals surface area contributed by atoms with Crippen LogP contribution in [-0.4, -0.2) is 49.3 Å². The van der Waals surface area contributed by atoms with Crippen molar-refractivity contribution in [2.24, 2.45) is 0 Å². The third kappa shape index (κ3) is 10.4. The Labute approximate surface area is 153 Å². The van der Waals surface area contributed by atoms with Crippen LogP contribution in [0.1, 0.15) is 17.9 Å². The molecule has 0 atom stereocenters. The van der Waals surface area contributed by atoms with Gasteiger partial charge < -0.3 is 20.0 Å². The molecule has 7 nitrogen and oxygen atoms in total. The molecule has 0 amide bonds. The maximum Gasteiger partial charge on any atom is 0.274 e. The second kappa shape index (κ2) is 12.3. The number of hydrogen-bond acceptors (Lipinski definition) is 7. The molecule has 0 aromatic carbocycles. The zero-order valence-corrected chi connectivity index (χ0v) is 15.6. The first-order valence-corrected chi connectivity index (χ1v) is 9.23. The molecule has 0 spiro atoms. The SMILES string of the molecule is C#CCN/C(=C/[N+](=O)[O-])NCCSCc1ccc(CCCN(C)C)o1. The minimum Gasteiger partial charge on any atom is -0.465 e. The fraction of sp³-hybridized carbons (Fsp3) is 0.529. The summed E-state index contributed by atoms with van der Waals surface area (Å²) >= 11 is 1.70. The lowest BCUT2D eigenvalue weighted by atomic mass is 10.2. The number of nitrogens with one attached hydrogen (secondary N) is 2. The molecule has 1 heterocycles. The zero-order valence-electron chi connectivity index (χ0n) is 14.8. The molecule has 0 bridgehead atoms. The van der Waals surface area contributed by atoms with Crippen molar-refractivity contribution < 1.29 is 9.34 Å². The molecule has 1 aromatic rings. The number of thioether (sulfide) groups is 1. The standard InChI is InChI=1S/C17H26N4O3S/c1-4-9-18-17(13-21(22)23)19-10-12-25-14-16-8-7-15(24-16)6-5-11-20(2)3/h1,7-8,13,18-19H,5-6,9-12,14H2,2-3H3/b17-13-. The predicted molar refractivity (Wildman–Crippen MR) is 102 cm³/mol. The van der Waals surface area contributed by atoms with Gasteiger partial charge in [-0.2, -0.15) is 11.8 Å². The van der Waals surface area contributed by atoms with Crippen molar-refractivity contribution in [3.05, 3.63) is 45.8 Å². The number of hydrogen-bond donors (Lipinski definition) is 2. The van der Waals surface area contributed by atoms with E-state index in [2.05, 4.69) is 35.5 Å². The van der Waals surface area contributed by atoms with Crippen LogP contribution < -0.4 is 10.6 Å². The molecule has 25 heavy (non-hydrogen) atoms. The van der Waals surface area contributed by atoms with Gasteiger partial charge in [0, 0.05) is 18.7 Å². The smallest absolute Gasteiger partial charge is 0.274 e. The summed E-state index contributed by atoms with van der Waals surface area (Å²) < 4.78 is 5.80. The Morgan fingerprint density at radius 2 is 2.20 bits per heavy atom. The van der Waals surface area contributed by atoms with E-state index < -0.39 is 4.92 Å². The second-order valence-corrected chi connectivity index (χ2v) is 6.75. The molecular formula is C17H26N4O3S. The van der Waals surface area contributed by atoms with Gasteiger partial charge in [0.15, 0.2) is 5.82 Å². The van der Waals surface area contributed by atoms with E-state index in [1.807, 2.05) is 12.1 Å². The van der Waals surface area contributed by atoms with Crippen LogP contribution in [0.25, 0.3) is 0 Å². The topological polar surface area (TPSA) is 83.6 Å². The number of terminal acetylenes is 1. The Bertz CT molecular complexity index is 593. The minimum absolute atomic E-state index is 0.239. The van der Waals surface area contributed by atoms with Crippen LogP contribution in [0.15, 0.2) is 28.6 Å². The summed E-state index contributed by atoms with van der Waals surface area (Å²) in [5, 5.41) is 16.3. The van der Waals surface area contributed by atoms with Crippen LogP contribution in [0.2, 0.25) is 0 Å². The summed E-state index contributed by atoms with van der Waals surface area (Å²) in [4.78, 5) is 12.2. The molecule has 138 valence electrons. The molecule has 0 aliphatic rings. The van der Waals surface area contributed by atoms with Crippen molar-refractivity contribution in [2.75, 3.05) is 39.5 Å². The van der Waals surface area contributed by atoms with E-state index in [4.69, 9.17) is 10.8 Å². The molecule has 1 aromatic heterocycles. The van der Waals surface area contributed by atoms with Gasteiger partial charge >= 0.3 is 0 Å². The van der Waals surface area contributed by atoms with Gasteiger partial charge in [0.25, 0.3) is 6.20 Å². The molecule has 0 aliphatic carbocycles. The molecule has 8 heteroatoms. The number of rotatable bonds is 13. The first-order chi connectivity index (χ1) is 12.0. The molecule has 0 radical (unpaired) electrons. The maximum absolute atomic E-state index is 10.5. The molecule has 0 unspecified atom stereocenters. The predicted octanol–water partition coefficient (Wildman–Crippen LogP) is 1.89. The first-order valence-electron chi connectivity index (χ1n) is 8.08. The molecule has 0 saturated heterocycles. The van der Waals surface area contributed by atoms with Crippen LogP contribution in [0.4, 0.5) is 0 Å². The summed E-state index contributed by atoms with van der Waals surface area (Å²) in [5.74, 6) is 6.25. The van der Waals surface area contributed by atoms with Crippen LogP contribution in [0.5, 0.6) is 0 Å². The summed E-state index contributed by atoms with van der Waals surface area (Å²) in [6.45, 7) is 1.88. The number of nitrogens with zero attached hydrogens (tertiary/aromatic N) is 2. The monoisotopic (exact) mass is 366 g/mol. The molecule has 0 aliphatic heterocycles. The summed E-state index contributed by atoms with van der Waals surface area (Å²) in [6.07, 6.45) is 8.05. The van der Waals surface area contributed by atoms with Crippen molar-refractivity contribution in [1.82, 2.24) is 15.5 Å². The van der Waals surface area contributed by atoms with E-state index in [9.17, 15) is 10.1 Å². The van der Waals surface area contributed by atoms with Gasteiger partial charge in [-0.25, -0.2) is 0 Å². The van der Waals surface area contributed by atoms with Crippen LogP contribution in [0.3, 0.4) is 0 Å². The van der Waals surface area contributed by atoms with Crippen molar-refractivity contribution in [1.29, 1.82) is 0 Å². The fourth-order valence-corrected chi connectivity index (χ4v) is 2.79. The van der Waals surface area contributed by atoms with Crippen LogP contribution in [0, 0.1) is 22.5 Å². The van der Waals surface area contributed by atoms with Crippen molar-refractivity contribution in [3.8, 4) is 12.3 Å². The lowest BCUT2D eigenvalue weighted by molar-refractivity contribution is -0.404. The number of aryl methyl sites for hydroxylation is 1. The Kier molecular flexibility index (Phi) is 10.3. The van der Waals surface area contributed by atoms with E-state index in [1.165, 1.54) is 0 Å². The van der Waals surface area contributed by atoms with Crippen molar-refractivity contribution in [3.63, 3.8) is 0 Å². The lowest BCUT2D eigenvalue weighted by Gasteiger charge is -2.08. The highest BCUT2D eigenvalue weighted by Crippen LogP contribution is 2.16. The van der Waals surface area contributed by atoms with Gasteiger partial charge in [-0.15, -0.1) is 6.42 Å². The summed E-state index contributed by atoms with van der Waals surface area (Å²) in [5.41, 5.74) is 0. The quantitative estimate of drug-likeness (QED) is 0.239. The minimum atomic E-state index is -0.514. The number of furan rings is 1. The van der Waals surface area contributed by atoms with Crippen molar-refractivity contribution in [2.45, 2.75) is 18.6 Å². The van der Waals surface area contributed by atoms with Crippen LogP contribution in [-0.2, 0) is 12.2 Å². The average molecular weight is 366 g/mol. The Hall–Kier alpha value is -2.11. The van der Waals surface area contributed by atoms with E-state index in [1.54, 1.807) is 11.8 Å². The highest BCUT2D eigenvalue weighted by molar-refractivity contribution is 7.98. The third-order valence-corrected chi connectivity index (χ3v) is 4.15. The average Bonchev–Trinajstić information content (AvgIpc) is 2.99. The third-order valence-electron chi connectivity index (χ3n) is 3.17. The summed E-state index contributed by atoms with van der Waals surface area (Å²) in [6, 6.07) is 4.05. The molecule has 2 N–H and O–H groups in total. The Morgan fingerprint density at radius 3 is 2.88 bits per heavy atom. The largest absolute Gasteiger partial charge is 0.465 e. The van der Waals surface area contributed by atoms with E-state index in [0.29, 0.717) is 12.4 Å². The van der Waals surface area contributed by atoms with E-state index in [0.717, 1.165) is 48.6 Å². The summed E-state index contributed by atoms with van der Waals surface area (Å²) in [7, 11) is 4.12. The molecular weight excluding hydrogens is 340 g/mol. The van der Waals surface area contributed by atoms with Gasteiger partial charge in [-0.05, 0) is 39.2 Å². The van der Waals surface area contributed by atoms with Gasteiger partial charge in [-0.3, -0.25) is 10.1 Å². The molecule has 0 saturated carbocycles. The Morgan fingerprint density at radius 1 is 1.44 bits per heavy atom. The second-order valence-electron chi connectivity index (χ2n) is 5.64. The highest BCUT2D eigenvalue weighted by Gasteiger charge is 2.04. The zero-order chi connectivity index (χ0) is 18.5. The van der Waals surface area contributed by atoms with E-state index >= 15 is 0 Å².